The smallest absolute Gasteiger partial charge is 0.104 e. The summed E-state index contributed by atoms with van der Waals surface area (Å²) in [6.07, 6.45) is 0.233. The highest BCUT2D eigenvalue weighted by Crippen LogP contribution is 2.30. The molecule has 1 aromatic heterocycles. The summed E-state index contributed by atoms with van der Waals surface area (Å²) in [4.78, 5) is 1.30. The standard InChI is InChI=1S/C10H14BrNOS/c1-7-4-12-5-8(13-6-7)9-2-3-10(11)14-9/h2-3,7-8,12H,4-6H2,1H3. The first kappa shape index (κ1) is 10.6. The average Bonchev–Trinajstić information content (AvgIpc) is 2.46. The summed E-state index contributed by atoms with van der Waals surface area (Å²) in [5.41, 5.74) is 0. The van der Waals surface area contributed by atoms with Crippen molar-refractivity contribution in [2.45, 2.75) is 13.0 Å². The summed E-state index contributed by atoms with van der Waals surface area (Å²) in [5.74, 6) is 0.614. The molecule has 1 saturated heterocycles. The predicted octanol–water partition coefficient (Wildman–Crippen LogP) is 2.81. The monoisotopic (exact) mass is 275 g/mol. The Kier molecular flexibility index (Phi) is 3.60. The van der Waals surface area contributed by atoms with E-state index in [1.807, 2.05) is 0 Å². The first-order valence-electron chi connectivity index (χ1n) is 4.83. The van der Waals surface area contributed by atoms with Crippen molar-refractivity contribution in [2.24, 2.45) is 5.92 Å². The van der Waals surface area contributed by atoms with Crippen LogP contribution >= 0.6 is 27.3 Å². The Hall–Kier alpha value is 0.1000. The molecule has 0 bridgehead atoms. The van der Waals surface area contributed by atoms with Crippen molar-refractivity contribution in [3.05, 3.63) is 20.8 Å². The van der Waals surface area contributed by atoms with Crippen molar-refractivity contribution < 1.29 is 4.74 Å². The molecule has 1 fully saturated rings. The SMILES string of the molecule is CC1CNCC(c2ccc(Br)s2)OC1. The third-order valence-corrected chi connectivity index (χ3v) is 4.03. The van der Waals surface area contributed by atoms with Crippen LogP contribution in [0.3, 0.4) is 0 Å². The van der Waals surface area contributed by atoms with Crippen LogP contribution in [-0.2, 0) is 4.74 Å². The Balaban J connectivity index is 2.04. The van der Waals surface area contributed by atoms with Gasteiger partial charge in [0.2, 0.25) is 0 Å². The van der Waals surface area contributed by atoms with Gasteiger partial charge in [-0.1, -0.05) is 6.92 Å². The van der Waals surface area contributed by atoms with Crippen molar-refractivity contribution in [3.8, 4) is 0 Å². The molecule has 0 aliphatic carbocycles. The lowest BCUT2D eigenvalue weighted by Gasteiger charge is -2.12. The van der Waals surface area contributed by atoms with E-state index in [9.17, 15) is 0 Å². The summed E-state index contributed by atoms with van der Waals surface area (Å²) in [6, 6.07) is 4.22. The fourth-order valence-corrected chi connectivity index (χ4v) is 3.02. The summed E-state index contributed by atoms with van der Waals surface area (Å²) in [6.45, 7) is 5.05. The van der Waals surface area contributed by atoms with Gasteiger partial charge in [-0.25, -0.2) is 0 Å². The number of nitrogens with one attached hydrogen (secondary N) is 1. The molecule has 2 atom stereocenters. The third kappa shape index (κ3) is 2.57. The van der Waals surface area contributed by atoms with E-state index in [2.05, 4.69) is 40.3 Å². The maximum atomic E-state index is 5.84. The molecule has 0 radical (unpaired) electrons. The third-order valence-electron chi connectivity index (χ3n) is 2.32. The molecular formula is C10H14BrNOS. The molecule has 2 nitrogen and oxygen atoms in total. The molecule has 2 heterocycles. The molecule has 2 rings (SSSR count). The van der Waals surface area contributed by atoms with Gasteiger partial charge >= 0.3 is 0 Å². The summed E-state index contributed by atoms with van der Waals surface area (Å²) in [7, 11) is 0. The number of thiophene rings is 1. The first-order valence-corrected chi connectivity index (χ1v) is 6.44. The minimum absolute atomic E-state index is 0.233. The van der Waals surface area contributed by atoms with Gasteiger partial charge in [-0.3, -0.25) is 0 Å². The van der Waals surface area contributed by atoms with E-state index < -0.39 is 0 Å². The van der Waals surface area contributed by atoms with Gasteiger partial charge in [-0.15, -0.1) is 11.3 Å². The Morgan fingerprint density at radius 1 is 1.50 bits per heavy atom. The number of hydrogen-bond donors (Lipinski definition) is 1. The Morgan fingerprint density at radius 2 is 2.36 bits per heavy atom. The minimum Gasteiger partial charge on any atom is -0.371 e. The second-order valence-electron chi connectivity index (χ2n) is 3.73. The zero-order chi connectivity index (χ0) is 9.97. The maximum Gasteiger partial charge on any atom is 0.104 e. The quantitative estimate of drug-likeness (QED) is 0.851. The fraction of sp³-hybridized carbons (Fsp3) is 0.600. The number of rotatable bonds is 1. The molecule has 14 heavy (non-hydrogen) atoms. The lowest BCUT2D eigenvalue weighted by Crippen LogP contribution is -2.22. The molecule has 1 aliphatic rings. The Labute approximate surface area is 96.8 Å². The van der Waals surface area contributed by atoms with E-state index in [0.29, 0.717) is 5.92 Å². The van der Waals surface area contributed by atoms with E-state index in [1.54, 1.807) is 11.3 Å². The van der Waals surface area contributed by atoms with Crippen molar-refractivity contribution >= 4 is 27.3 Å². The molecule has 78 valence electrons. The van der Waals surface area contributed by atoms with Crippen LogP contribution in [0.25, 0.3) is 0 Å². The lowest BCUT2D eigenvalue weighted by molar-refractivity contribution is 0.0538. The highest BCUT2D eigenvalue weighted by atomic mass is 79.9. The molecule has 0 aromatic carbocycles. The van der Waals surface area contributed by atoms with Gasteiger partial charge in [0.1, 0.15) is 6.10 Å². The molecule has 4 heteroatoms. The van der Waals surface area contributed by atoms with Crippen molar-refractivity contribution in [2.75, 3.05) is 19.7 Å². The summed E-state index contributed by atoms with van der Waals surface area (Å²) in [5, 5.41) is 3.42. The first-order chi connectivity index (χ1) is 6.75. The largest absolute Gasteiger partial charge is 0.371 e. The number of ether oxygens (including phenoxy) is 1. The molecule has 0 amide bonds. The highest BCUT2D eigenvalue weighted by Gasteiger charge is 2.18. The molecule has 1 aromatic rings. The number of halogens is 1. The molecule has 2 unspecified atom stereocenters. The van der Waals surface area contributed by atoms with Gasteiger partial charge in [0, 0.05) is 18.0 Å². The van der Waals surface area contributed by atoms with Gasteiger partial charge in [-0.2, -0.15) is 0 Å². The minimum atomic E-state index is 0.233. The van der Waals surface area contributed by atoms with Gasteiger partial charge in [0.25, 0.3) is 0 Å². The van der Waals surface area contributed by atoms with Gasteiger partial charge in [0.05, 0.1) is 10.4 Å². The van der Waals surface area contributed by atoms with Crippen LogP contribution in [0, 0.1) is 5.92 Å². The van der Waals surface area contributed by atoms with Crippen LogP contribution in [0.1, 0.15) is 17.9 Å². The van der Waals surface area contributed by atoms with Crippen LogP contribution in [0.4, 0.5) is 0 Å². The van der Waals surface area contributed by atoms with E-state index in [4.69, 9.17) is 4.74 Å². The zero-order valence-electron chi connectivity index (χ0n) is 8.13. The molecule has 0 saturated carbocycles. The molecule has 1 N–H and O–H groups in total. The second-order valence-corrected chi connectivity index (χ2v) is 6.22. The van der Waals surface area contributed by atoms with Gasteiger partial charge in [-0.05, 0) is 34.0 Å². The van der Waals surface area contributed by atoms with Crippen LogP contribution in [0.2, 0.25) is 0 Å². The Bertz CT molecular complexity index is 302. The van der Waals surface area contributed by atoms with E-state index in [0.717, 1.165) is 19.7 Å². The maximum absolute atomic E-state index is 5.84. The van der Waals surface area contributed by atoms with Crippen molar-refractivity contribution in [3.63, 3.8) is 0 Å². The summed E-state index contributed by atoms with van der Waals surface area (Å²) < 4.78 is 7.02. The van der Waals surface area contributed by atoms with Crippen LogP contribution < -0.4 is 5.32 Å². The normalized spacial score (nSPS) is 28.7. The van der Waals surface area contributed by atoms with Gasteiger partial charge in [0.15, 0.2) is 0 Å². The average molecular weight is 276 g/mol. The Morgan fingerprint density at radius 3 is 3.07 bits per heavy atom. The summed E-state index contributed by atoms with van der Waals surface area (Å²) >= 11 is 5.23. The lowest BCUT2D eigenvalue weighted by atomic mass is 10.2. The van der Waals surface area contributed by atoms with Gasteiger partial charge < -0.3 is 10.1 Å². The zero-order valence-corrected chi connectivity index (χ0v) is 10.5. The number of hydrogen-bond acceptors (Lipinski definition) is 3. The van der Waals surface area contributed by atoms with E-state index in [-0.39, 0.29) is 6.10 Å². The highest BCUT2D eigenvalue weighted by molar-refractivity contribution is 9.11. The van der Waals surface area contributed by atoms with Crippen LogP contribution in [0.15, 0.2) is 15.9 Å². The predicted molar refractivity (Wildman–Crippen MR) is 62.7 cm³/mol. The van der Waals surface area contributed by atoms with Crippen molar-refractivity contribution in [1.29, 1.82) is 0 Å². The van der Waals surface area contributed by atoms with E-state index >= 15 is 0 Å². The van der Waals surface area contributed by atoms with Crippen LogP contribution in [0.5, 0.6) is 0 Å². The fourth-order valence-electron chi connectivity index (χ4n) is 1.54. The van der Waals surface area contributed by atoms with Crippen molar-refractivity contribution in [1.82, 2.24) is 5.32 Å². The molecule has 0 spiro atoms. The van der Waals surface area contributed by atoms with E-state index in [1.165, 1.54) is 8.66 Å². The van der Waals surface area contributed by atoms with Crippen LogP contribution in [-0.4, -0.2) is 19.7 Å². The topological polar surface area (TPSA) is 21.3 Å². The molecule has 1 aliphatic heterocycles. The second kappa shape index (κ2) is 4.75. The molecular weight excluding hydrogens is 262 g/mol.